The van der Waals surface area contributed by atoms with Gasteiger partial charge < -0.3 is 25.3 Å². The van der Waals surface area contributed by atoms with Crippen molar-refractivity contribution in [1.29, 1.82) is 10.5 Å². The van der Waals surface area contributed by atoms with Crippen LogP contribution in [0, 0.1) is 21.3 Å². The van der Waals surface area contributed by atoms with Crippen LogP contribution in [0.15, 0.2) is 0 Å². The summed E-state index contributed by atoms with van der Waals surface area (Å²) < 4.78 is 8.19. The molecular formula is C2N2OS2V. The molecule has 0 bridgehead atoms. The van der Waals surface area contributed by atoms with E-state index in [1.54, 1.807) is 0 Å². The normalized spacial score (nSPS) is 2.50. The zero-order chi connectivity index (χ0) is 7.41. The Hall–Kier alpha value is -0.196. The molecule has 0 aromatic heterocycles. The van der Waals surface area contributed by atoms with Gasteiger partial charge in [0, 0.05) is 0 Å². The second-order valence-corrected chi connectivity index (χ2v) is 0.548. The molecule has 41 valence electrons. The zero-order valence-electron chi connectivity index (χ0n) is 3.57. The van der Waals surface area contributed by atoms with Crippen molar-refractivity contribution in [2.75, 3.05) is 0 Å². The molecule has 0 aliphatic rings. The summed E-state index contributed by atoms with van der Waals surface area (Å²) in [5.74, 6) is 0. The first kappa shape index (κ1) is 15.7. The molecule has 0 heterocycles. The summed E-state index contributed by atoms with van der Waals surface area (Å²) in [5.41, 5.74) is 0. The first-order chi connectivity index (χ1) is 3.83. The van der Waals surface area contributed by atoms with E-state index in [9.17, 15) is 0 Å². The van der Waals surface area contributed by atoms with Gasteiger partial charge in [0.1, 0.15) is 0 Å². The van der Waals surface area contributed by atoms with Crippen LogP contribution in [0.1, 0.15) is 0 Å². The van der Waals surface area contributed by atoms with E-state index >= 15 is 0 Å². The van der Waals surface area contributed by atoms with Crippen LogP contribution in [-0.4, -0.2) is 0 Å². The monoisotopic (exact) mass is 183 g/mol. The van der Waals surface area contributed by atoms with Crippen molar-refractivity contribution in [3.05, 3.63) is 0 Å². The molecule has 0 amide bonds. The minimum absolute atomic E-state index is 1.06. The summed E-state index contributed by atoms with van der Waals surface area (Å²) in [7, 11) is 0. The van der Waals surface area contributed by atoms with Gasteiger partial charge in [-0.3, -0.25) is 0 Å². The molecule has 0 atom stereocenters. The third-order valence-electron chi connectivity index (χ3n) is 0. The second kappa shape index (κ2) is 70.4. The van der Waals surface area contributed by atoms with Gasteiger partial charge in [-0.2, -0.15) is 0 Å². The Bertz CT molecular complexity index is 83.2. The van der Waals surface area contributed by atoms with Gasteiger partial charge in [0.25, 0.3) is 0 Å². The van der Waals surface area contributed by atoms with Crippen molar-refractivity contribution in [3.8, 4) is 10.8 Å². The van der Waals surface area contributed by atoms with Gasteiger partial charge >= 0.3 is 21.0 Å². The van der Waals surface area contributed by atoms with Crippen LogP contribution in [0.3, 0.4) is 0 Å². The molecule has 3 nitrogen and oxygen atoms in total. The van der Waals surface area contributed by atoms with E-state index in [1.165, 1.54) is 10.8 Å². The summed E-state index contributed by atoms with van der Waals surface area (Å²) in [4.78, 5) is 0. The van der Waals surface area contributed by atoms with Crippen molar-refractivity contribution < 1.29 is 21.0 Å². The van der Waals surface area contributed by atoms with Crippen molar-refractivity contribution >= 4 is 25.3 Å². The van der Waals surface area contributed by atoms with Crippen molar-refractivity contribution in [3.63, 3.8) is 0 Å². The molecule has 0 rings (SSSR count). The number of hydrogen-bond acceptors (Lipinski definition) is 5. The van der Waals surface area contributed by atoms with E-state index in [1.807, 2.05) is 0 Å². The Morgan fingerprint density at radius 1 is 1.12 bits per heavy atom. The fourth-order valence-corrected chi connectivity index (χ4v) is 0. The van der Waals surface area contributed by atoms with Gasteiger partial charge in [-0.15, -0.1) is 0 Å². The fraction of sp³-hybridized carbons (Fsp3) is 0. The number of nitriles is 2. The van der Waals surface area contributed by atoms with Crippen molar-refractivity contribution in [2.24, 2.45) is 0 Å². The maximum absolute atomic E-state index is 8.19. The third kappa shape index (κ3) is 3500. The molecule has 0 fully saturated rings. The number of rotatable bonds is 0. The average Bonchev–Trinajstić information content (AvgIpc) is 1.75. The standard InChI is InChI=1S/2CHNS.O.V/c2*2-1-3;;/h2*3H;;/q;;;+2/p-2. The minimum atomic E-state index is 1.06. The molecule has 0 saturated heterocycles. The number of thiocyanates is 2. The van der Waals surface area contributed by atoms with E-state index < -0.39 is 0 Å². The van der Waals surface area contributed by atoms with Crippen LogP contribution in [0.4, 0.5) is 0 Å². The van der Waals surface area contributed by atoms with Crippen molar-refractivity contribution in [1.82, 2.24) is 0 Å². The first-order valence-corrected chi connectivity index (χ1v) is 2.42. The van der Waals surface area contributed by atoms with Crippen LogP contribution < -0.4 is 0 Å². The van der Waals surface area contributed by atoms with Crippen LogP contribution in [0.25, 0.3) is 0 Å². The molecule has 0 aromatic carbocycles. The molecule has 8 heavy (non-hydrogen) atoms. The topological polar surface area (TPSA) is 64.7 Å². The molecule has 0 aliphatic carbocycles. The summed E-state index contributed by atoms with van der Waals surface area (Å²) in [6.45, 7) is 0. The SMILES string of the molecule is N#C[S-].N#C[S-].[O]=[V+2]. The first-order valence-electron chi connectivity index (χ1n) is 1.04. The Morgan fingerprint density at radius 2 is 1.12 bits per heavy atom. The predicted octanol–water partition coefficient (Wildman–Crippen LogP) is -0.0925. The quantitative estimate of drug-likeness (QED) is 0.387. The van der Waals surface area contributed by atoms with E-state index in [0.717, 1.165) is 17.4 Å². The fourth-order valence-electron chi connectivity index (χ4n) is 0. The van der Waals surface area contributed by atoms with E-state index in [4.69, 9.17) is 14.2 Å². The number of hydrogen-bond donors (Lipinski definition) is 0. The van der Waals surface area contributed by atoms with E-state index in [2.05, 4.69) is 25.3 Å². The van der Waals surface area contributed by atoms with Gasteiger partial charge in [0.15, 0.2) is 0 Å². The molecule has 0 spiro atoms. The molecule has 0 unspecified atom stereocenters. The zero-order valence-corrected chi connectivity index (χ0v) is 6.60. The van der Waals surface area contributed by atoms with E-state index in [0.29, 0.717) is 0 Å². The summed E-state index contributed by atoms with van der Waals surface area (Å²) in [5, 5.41) is 16.9. The van der Waals surface area contributed by atoms with Crippen LogP contribution >= 0.6 is 0 Å². The van der Waals surface area contributed by atoms with Crippen LogP contribution in [-0.2, 0) is 46.3 Å². The van der Waals surface area contributed by atoms with Crippen LogP contribution in [0.5, 0.6) is 0 Å². The Balaban J connectivity index is -0.0000000483. The Labute approximate surface area is 67.7 Å². The molecule has 0 radical (unpaired) electrons. The average molecular weight is 183 g/mol. The van der Waals surface area contributed by atoms with Crippen LogP contribution in [0.2, 0.25) is 0 Å². The Kier molecular flexibility index (Phi) is 138. The molecule has 0 aliphatic heterocycles. The second-order valence-electron chi connectivity index (χ2n) is 0.183. The third-order valence-corrected chi connectivity index (χ3v) is 0. The van der Waals surface area contributed by atoms with Crippen molar-refractivity contribution in [2.45, 2.75) is 0 Å². The van der Waals surface area contributed by atoms with Gasteiger partial charge in [-0.1, -0.05) is 10.8 Å². The molecule has 0 N–H and O–H groups in total. The Morgan fingerprint density at radius 3 is 1.12 bits per heavy atom. The molecule has 6 heteroatoms. The molecular weight excluding hydrogens is 183 g/mol. The molecule has 0 aromatic rings. The van der Waals surface area contributed by atoms with Gasteiger partial charge in [-0.05, 0) is 0 Å². The summed E-state index contributed by atoms with van der Waals surface area (Å²) >= 11 is 8.46. The van der Waals surface area contributed by atoms with Gasteiger partial charge in [0.05, 0.1) is 0 Å². The maximum atomic E-state index is 8.19. The summed E-state index contributed by atoms with van der Waals surface area (Å²) in [6.07, 6.45) is 0. The van der Waals surface area contributed by atoms with Gasteiger partial charge in [-0.25, -0.2) is 10.5 Å². The predicted molar refractivity (Wildman–Crippen MR) is 26.6 cm³/mol. The molecule has 0 saturated carbocycles. The number of nitrogens with zero attached hydrogens (tertiary/aromatic N) is 2. The van der Waals surface area contributed by atoms with Gasteiger partial charge in [0.2, 0.25) is 0 Å². The summed E-state index contributed by atoms with van der Waals surface area (Å²) in [6, 6.07) is 0. The van der Waals surface area contributed by atoms with E-state index in [-0.39, 0.29) is 0 Å².